The zero-order valence-electron chi connectivity index (χ0n) is 26.1. The zero-order chi connectivity index (χ0) is 30.0. The van der Waals surface area contributed by atoms with Gasteiger partial charge in [-0.1, -0.05) is 35.9 Å². The molecule has 2 amide bonds. The van der Waals surface area contributed by atoms with Gasteiger partial charge in [0.15, 0.2) is 0 Å². The number of carbonyl (C=O) groups is 1. The Hall–Kier alpha value is -2.19. The highest BCUT2D eigenvalue weighted by molar-refractivity contribution is 6.31. The summed E-state index contributed by atoms with van der Waals surface area (Å²) < 4.78 is 13.8. The summed E-state index contributed by atoms with van der Waals surface area (Å²) >= 11 is 6.02. The van der Waals surface area contributed by atoms with Crippen molar-refractivity contribution < 1.29 is 9.18 Å². The molecule has 3 atom stereocenters. The van der Waals surface area contributed by atoms with E-state index < -0.39 is 5.82 Å². The van der Waals surface area contributed by atoms with Crippen LogP contribution in [0.5, 0.6) is 0 Å². The number of hydrogen-bond acceptors (Lipinski definition) is 4. The van der Waals surface area contributed by atoms with Crippen LogP contribution < -0.4 is 5.32 Å². The first-order chi connectivity index (χ1) is 20.1. The number of urea groups is 1. The average Bonchev–Trinajstić information content (AvgIpc) is 3.69. The van der Waals surface area contributed by atoms with Crippen molar-refractivity contribution in [2.45, 2.75) is 83.5 Å². The van der Waals surface area contributed by atoms with Gasteiger partial charge in [0.25, 0.3) is 0 Å². The van der Waals surface area contributed by atoms with E-state index in [-0.39, 0.29) is 22.5 Å². The third kappa shape index (κ3) is 7.12. The molecule has 2 unspecified atom stereocenters. The van der Waals surface area contributed by atoms with Crippen molar-refractivity contribution in [2.75, 3.05) is 51.6 Å². The molecule has 3 fully saturated rings. The monoisotopic (exact) mass is 597 g/mol. The average molecular weight is 598 g/mol. The number of amides is 2. The number of fused-ring (bicyclic) bond motifs is 1. The summed E-state index contributed by atoms with van der Waals surface area (Å²) in [5.74, 6) is 0.109. The minimum atomic E-state index is -0.485. The predicted molar refractivity (Wildman–Crippen MR) is 171 cm³/mol. The first-order valence-corrected chi connectivity index (χ1v) is 16.2. The van der Waals surface area contributed by atoms with Crippen LogP contribution in [-0.4, -0.2) is 90.1 Å². The van der Waals surface area contributed by atoms with Gasteiger partial charge in [-0.25, -0.2) is 9.18 Å². The summed E-state index contributed by atoms with van der Waals surface area (Å²) in [5.41, 5.74) is 3.68. The quantitative estimate of drug-likeness (QED) is 0.331. The molecule has 0 bridgehead atoms. The van der Waals surface area contributed by atoms with Crippen LogP contribution in [0.4, 0.5) is 14.9 Å². The molecule has 2 saturated carbocycles. The van der Waals surface area contributed by atoms with Crippen LogP contribution in [-0.2, 0) is 12.0 Å². The van der Waals surface area contributed by atoms with E-state index in [0.717, 1.165) is 58.5 Å². The summed E-state index contributed by atoms with van der Waals surface area (Å²) in [6.07, 6.45) is 4.31. The summed E-state index contributed by atoms with van der Waals surface area (Å²) in [5, 5.41) is 3.03. The summed E-state index contributed by atoms with van der Waals surface area (Å²) in [6, 6.07) is 14.5. The normalized spacial score (nSPS) is 24.7. The van der Waals surface area contributed by atoms with Crippen LogP contribution in [0.1, 0.15) is 64.5 Å². The summed E-state index contributed by atoms with van der Waals surface area (Å²) in [4.78, 5) is 23.2. The maximum absolute atomic E-state index is 13.8. The van der Waals surface area contributed by atoms with Crippen molar-refractivity contribution in [1.29, 1.82) is 0 Å². The number of anilines is 1. The summed E-state index contributed by atoms with van der Waals surface area (Å²) in [7, 11) is 2.20. The SMILES string of the molecule is CC(C)N(CCN(C(=O)Nc1ccc(F)c(Cl)c1)C1CC[C@]2(c3cccc(CN4CCN(C)CC4)c3)CC2C1)C(C)C. The molecule has 1 N–H and O–H groups in total. The molecule has 2 aromatic carbocycles. The van der Waals surface area contributed by atoms with Crippen LogP contribution in [0.25, 0.3) is 0 Å². The minimum absolute atomic E-state index is 0.0143. The molecule has 0 spiro atoms. The Morgan fingerprint density at radius 2 is 1.81 bits per heavy atom. The lowest BCUT2D eigenvalue weighted by Crippen LogP contribution is -2.50. The van der Waals surface area contributed by atoms with E-state index in [0.29, 0.717) is 30.2 Å². The molecule has 42 heavy (non-hydrogen) atoms. The van der Waals surface area contributed by atoms with E-state index in [9.17, 15) is 9.18 Å². The number of benzene rings is 2. The third-order valence-corrected chi connectivity index (χ3v) is 10.3. The number of rotatable bonds is 10. The number of hydrogen-bond donors (Lipinski definition) is 1. The number of nitrogens with one attached hydrogen (secondary N) is 1. The van der Waals surface area contributed by atoms with Gasteiger partial charge in [-0.3, -0.25) is 9.80 Å². The number of nitrogens with zero attached hydrogens (tertiary/aromatic N) is 4. The molecule has 1 saturated heterocycles. The van der Waals surface area contributed by atoms with Crippen LogP contribution >= 0.6 is 11.6 Å². The lowest BCUT2D eigenvalue weighted by molar-refractivity contribution is 0.120. The smallest absolute Gasteiger partial charge is 0.320 e. The second kappa shape index (κ2) is 13.2. The Bertz CT molecular complexity index is 1220. The van der Waals surface area contributed by atoms with E-state index in [2.05, 4.69) is 79.0 Å². The maximum Gasteiger partial charge on any atom is 0.322 e. The molecule has 1 heterocycles. The van der Waals surface area contributed by atoms with Crippen molar-refractivity contribution in [1.82, 2.24) is 19.6 Å². The first-order valence-electron chi connectivity index (χ1n) is 15.8. The molecule has 0 radical (unpaired) electrons. The van der Waals surface area contributed by atoms with Gasteiger partial charge >= 0.3 is 6.03 Å². The van der Waals surface area contributed by atoms with Crippen LogP contribution in [0.2, 0.25) is 5.02 Å². The molecular weight excluding hydrogens is 549 g/mol. The molecule has 2 aliphatic carbocycles. The summed E-state index contributed by atoms with van der Waals surface area (Å²) in [6.45, 7) is 15.9. The standard InChI is InChI=1S/C34H49ClFN5O/c1-24(2)40(25(3)4)17-18-41(33(42)37-29-9-10-32(36)31(35)21-29)30-11-12-34(22-28(34)20-30)27-8-6-7-26(19-27)23-39-15-13-38(5)14-16-39/h6-10,19,21,24-25,28,30H,11-18,20,22-23H2,1-5H3,(H,37,42)/t28?,30?,34-/m1/s1. The Kier molecular flexibility index (Phi) is 9.83. The lowest BCUT2D eigenvalue weighted by Gasteiger charge is -2.39. The molecule has 1 aliphatic heterocycles. The molecular formula is C34H49ClFN5O. The van der Waals surface area contributed by atoms with Crippen molar-refractivity contribution >= 4 is 23.3 Å². The van der Waals surface area contributed by atoms with Crippen molar-refractivity contribution in [2.24, 2.45) is 5.92 Å². The molecule has 6 nitrogen and oxygen atoms in total. The van der Waals surface area contributed by atoms with Crippen molar-refractivity contribution in [3.05, 3.63) is 64.4 Å². The van der Waals surface area contributed by atoms with Crippen molar-refractivity contribution in [3.8, 4) is 0 Å². The second-order valence-electron chi connectivity index (χ2n) is 13.4. The fourth-order valence-electron chi connectivity index (χ4n) is 7.45. The highest BCUT2D eigenvalue weighted by atomic mass is 35.5. The topological polar surface area (TPSA) is 42.1 Å². The van der Waals surface area contributed by atoms with Gasteiger partial charge in [0.2, 0.25) is 0 Å². The predicted octanol–water partition coefficient (Wildman–Crippen LogP) is 6.69. The Balaban J connectivity index is 1.27. The van der Waals surface area contributed by atoms with Gasteiger partial charge in [-0.2, -0.15) is 0 Å². The molecule has 2 aromatic rings. The van der Waals surface area contributed by atoms with E-state index in [1.54, 1.807) is 6.07 Å². The molecule has 5 rings (SSSR count). The highest BCUT2D eigenvalue weighted by Gasteiger charge is 2.58. The zero-order valence-corrected chi connectivity index (χ0v) is 26.8. The van der Waals surface area contributed by atoms with E-state index in [1.807, 2.05) is 4.90 Å². The van der Waals surface area contributed by atoms with E-state index in [4.69, 9.17) is 11.6 Å². The highest BCUT2D eigenvalue weighted by Crippen LogP contribution is 2.63. The number of halogens is 2. The molecule has 8 heteroatoms. The van der Waals surface area contributed by atoms with Gasteiger partial charge in [-0.05, 0) is 101 Å². The fourth-order valence-corrected chi connectivity index (χ4v) is 7.63. The Labute approximate surface area is 257 Å². The van der Waals surface area contributed by atoms with Gasteiger partial charge < -0.3 is 15.1 Å². The Morgan fingerprint density at radius 1 is 1.07 bits per heavy atom. The largest absolute Gasteiger partial charge is 0.322 e. The van der Waals surface area contributed by atoms with Crippen LogP contribution in [0.15, 0.2) is 42.5 Å². The lowest BCUT2D eigenvalue weighted by atomic mass is 9.80. The molecule has 230 valence electrons. The van der Waals surface area contributed by atoms with Crippen LogP contribution in [0, 0.1) is 11.7 Å². The first kappa shape index (κ1) is 31.2. The minimum Gasteiger partial charge on any atom is -0.320 e. The van der Waals surface area contributed by atoms with Crippen molar-refractivity contribution in [3.63, 3.8) is 0 Å². The van der Waals surface area contributed by atoms with E-state index in [1.165, 1.54) is 29.7 Å². The second-order valence-corrected chi connectivity index (χ2v) is 13.9. The fraction of sp³-hybridized carbons (Fsp3) is 0.618. The van der Waals surface area contributed by atoms with E-state index >= 15 is 0 Å². The van der Waals surface area contributed by atoms with Crippen LogP contribution in [0.3, 0.4) is 0 Å². The number of piperazine rings is 1. The van der Waals surface area contributed by atoms with Gasteiger partial charge in [0.1, 0.15) is 5.82 Å². The third-order valence-electron chi connectivity index (χ3n) is 10.0. The molecule has 3 aliphatic rings. The van der Waals surface area contributed by atoms with Gasteiger partial charge in [-0.15, -0.1) is 0 Å². The van der Waals surface area contributed by atoms with Gasteiger partial charge in [0, 0.05) is 69.6 Å². The molecule has 0 aromatic heterocycles. The number of carbonyl (C=O) groups excluding carboxylic acids is 1. The van der Waals surface area contributed by atoms with Gasteiger partial charge in [0.05, 0.1) is 5.02 Å². The number of likely N-dealkylation sites (N-methyl/N-ethyl adjacent to an activating group) is 1. The maximum atomic E-state index is 13.8. The Morgan fingerprint density at radius 3 is 2.48 bits per heavy atom.